The fourth-order valence-electron chi connectivity index (χ4n) is 0.461. The van der Waals surface area contributed by atoms with Crippen LogP contribution in [0.4, 0.5) is 0 Å². The number of hydrogen-bond acceptors (Lipinski definition) is 2. The zero-order chi connectivity index (χ0) is 11.4. The highest BCUT2D eigenvalue weighted by atomic mass is 16.1. The highest BCUT2D eigenvalue weighted by molar-refractivity contribution is 5.86. The highest BCUT2D eigenvalue weighted by Gasteiger charge is 1.88. The van der Waals surface area contributed by atoms with Crippen LogP contribution in [0.25, 0.3) is 0 Å². The minimum absolute atomic E-state index is 0.0801. The van der Waals surface area contributed by atoms with Crippen molar-refractivity contribution in [1.82, 2.24) is 5.32 Å². The van der Waals surface area contributed by atoms with Crippen molar-refractivity contribution in [3.63, 3.8) is 0 Å². The first-order valence-corrected chi connectivity index (χ1v) is 4.40. The maximum atomic E-state index is 10.5. The molecule has 80 valence electrons. The summed E-state index contributed by atoms with van der Waals surface area (Å²) in [7, 11) is 0. The number of hydrogen-bond donors (Lipinski definition) is 2. The number of rotatable bonds is 5. The maximum absolute atomic E-state index is 10.5. The molecule has 0 saturated heterocycles. The summed E-state index contributed by atoms with van der Waals surface area (Å²) in [4.78, 5) is 19.9. The van der Waals surface area contributed by atoms with Crippen LogP contribution in [0.2, 0.25) is 0 Å². The Morgan fingerprint density at radius 3 is 2.14 bits per heavy atom. The van der Waals surface area contributed by atoms with Gasteiger partial charge in [-0.1, -0.05) is 26.5 Å². The second kappa shape index (κ2) is 11.4. The van der Waals surface area contributed by atoms with Crippen molar-refractivity contribution in [1.29, 1.82) is 0 Å². The number of carbonyl (C=O) groups is 2. The first-order chi connectivity index (χ1) is 6.58. The largest absolute Gasteiger partial charge is 0.366 e. The Labute approximate surface area is 84.9 Å². The van der Waals surface area contributed by atoms with Crippen LogP contribution in [0, 0.1) is 0 Å². The SMILES string of the molecule is C=CC(=O)NCCCC.C=CC(N)=O. The predicted octanol–water partition coefficient (Wildman–Crippen LogP) is 0.746. The molecule has 14 heavy (non-hydrogen) atoms. The molecule has 0 rings (SSSR count). The summed E-state index contributed by atoms with van der Waals surface area (Å²) in [5.74, 6) is -0.562. The van der Waals surface area contributed by atoms with E-state index in [0.717, 1.165) is 25.5 Å². The van der Waals surface area contributed by atoms with Gasteiger partial charge in [-0.2, -0.15) is 0 Å². The van der Waals surface area contributed by atoms with Crippen LogP contribution in [0.5, 0.6) is 0 Å². The van der Waals surface area contributed by atoms with Crippen molar-refractivity contribution in [3.05, 3.63) is 25.3 Å². The molecule has 3 N–H and O–H groups in total. The Kier molecular flexibility index (Phi) is 12.2. The molecule has 0 bridgehead atoms. The second-order valence-electron chi connectivity index (χ2n) is 2.46. The van der Waals surface area contributed by atoms with Gasteiger partial charge in [0.2, 0.25) is 11.8 Å². The van der Waals surface area contributed by atoms with Gasteiger partial charge in [-0.3, -0.25) is 9.59 Å². The van der Waals surface area contributed by atoms with Gasteiger partial charge < -0.3 is 11.1 Å². The fraction of sp³-hybridized carbons (Fsp3) is 0.400. The third kappa shape index (κ3) is 16.8. The van der Waals surface area contributed by atoms with Crippen molar-refractivity contribution in [3.8, 4) is 0 Å². The van der Waals surface area contributed by atoms with Gasteiger partial charge in [-0.05, 0) is 18.6 Å². The number of unbranched alkanes of at least 4 members (excludes halogenated alkanes) is 1. The lowest BCUT2D eigenvalue weighted by Gasteiger charge is -1.97. The molecule has 0 heterocycles. The van der Waals surface area contributed by atoms with E-state index in [-0.39, 0.29) is 5.91 Å². The van der Waals surface area contributed by atoms with Crippen LogP contribution in [-0.2, 0) is 9.59 Å². The van der Waals surface area contributed by atoms with Gasteiger partial charge in [0.1, 0.15) is 0 Å². The van der Waals surface area contributed by atoms with E-state index in [1.807, 2.05) is 0 Å². The third-order valence-corrected chi connectivity index (χ3v) is 1.22. The molecule has 0 radical (unpaired) electrons. The van der Waals surface area contributed by atoms with Crippen LogP contribution in [0.3, 0.4) is 0 Å². The fourth-order valence-corrected chi connectivity index (χ4v) is 0.461. The second-order valence-corrected chi connectivity index (χ2v) is 2.46. The molecule has 0 spiro atoms. The minimum Gasteiger partial charge on any atom is -0.366 e. The Morgan fingerprint density at radius 1 is 1.36 bits per heavy atom. The summed E-state index contributed by atoms with van der Waals surface area (Å²) in [6.45, 7) is 9.26. The maximum Gasteiger partial charge on any atom is 0.243 e. The third-order valence-electron chi connectivity index (χ3n) is 1.22. The van der Waals surface area contributed by atoms with Crippen LogP contribution < -0.4 is 11.1 Å². The summed E-state index contributed by atoms with van der Waals surface area (Å²) < 4.78 is 0. The van der Waals surface area contributed by atoms with Crippen LogP contribution in [-0.4, -0.2) is 18.4 Å². The molecule has 0 aromatic heterocycles. The molecule has 0 unspecified atom stereocenters. The summed E-state index contributed by atoms with van der Waals surface area (Å²) >= 11 is 0. The highest BCUT2D eigenvalue weighted by Crippen LogP contribution is 1.81. The van der Waals surface area contributed by atoms with Gasteiger partial charge in [0.05, 0.1) is 0 Å². The summed E-state index contributed by atoms with van der Waals surface area (Å²) in [6, 6.07) is 0. The predicted molar refractivity (Wildman–Crippen MR) is 57.5 cm³/mol. The minimum atomic E-state index is -0.481. The molecule has 0 aliphatic heterocycles. The average molecular weight is 198 g/mol. The van der Waals surface area contributed by atoms with Gasteiger partial charge >= 0.3 is 0 Å². The van der Waals surface area contributed by atoms with Crippen molar-refractivity contribution >= 4 is 11.8 Å². The topological polar surface area (TPSA) is 72.2 Å². The van der Waals surface area contributed by atoms with E-state index in [4.69, 9.17) is 0 Å². The number of carbonyl (C=O) groups excluding carboxylic acids is 2. The molecule has 0 saturated carbocycles. The molecule has 2 amide bonds. The number of nitrogens with two attached hydrogens (primary N) is 1. The quantitative estimate of drug-likeness (QED) is 0.505. The molecular formula is C10H18N2O2. The van der Waals surface area contributed by atoms with E-state index in [1.54, 1.807) is 0 Å². The molecular weight excluding hydrogens is 180 g/mol. The Hall–Kier alpha value is -1.58. The van der Waals surface area contributed by atoms with Gasteiger partial charge in [0.25, 0.3) is 0 Å². The summed E-state index contributed by atoms with van der Waals surface area (Å²) in [6.07, 6.45) is 4.49. The molecule has 0 aliphatic rings. The Bertz CT molecular complexity index is 200. The number of primary amides is 1. The first-order valence-electron chi connectivity index (χ1n) is 4.40. The van der Waals surface area contributed by atoms with Gasteiger partial charge in [0, 0.05) is 6.54 Å². The van der Waals surface area contributed by atoms with Crippen molar-refractivity contribution in [2.45, 2.75) is 19.8 Å². The monoisotopic (exact) mass is 198 g/mol. The lowest BCUT2D eigenvalue weighted by Crippen LogP contribution is -2.21. The van der Waals surface area contributed by atoms with E-state index in [9.17, 15) is 9.59 Å². The van der Waals surface area contributed by atoms with Gasteiger partial charge in [0.15, 0.2) is 0 Å². The molecule has 0 atom stereocenters. The van der Waals surface area contributed by atoms with Gasteiger partial charge in [-0.15, -0.1) is 0 Å². The molecule has 4 nitrogen and oxygen atoms in total. The van der Waals surface area contributed by atoms with E-state index in [2.05, 4.69) is 31.1 Å². The lowest BCUT2D eigenvalue weighted by atomic mass is 10.3. The van der Waals surface area contributed by atoms with E-state index >= 15 is 0 Å². The van der Waals surface area contributed by atoms with E-state index in [0.29, 0.717) is 0 Å². The molecule has 0 fully saturated rings. The molecule has 0 aromatic rings. The average Bonchev–Trinajstić information content (AvgIpc) is 2.19. The normalized spacial score (nSPS) is 7.79. The zero-order valence-electron chi connectivity index (χ0n) is 8.58. The molecule has 0 aliphatic carbocycles. The van der Waals surface area contributed by atoms with Crippen molar-refractivity contribution in [2.24, 2.45) is 5.73 Å². The number of amides is 2. The van der Waals surface area contributed by atoms with Crippen LogP contribution in [0.15, 0.2) is 25.3 Å². The zero-order valence-corrected chi connectivity index (χ0v) is 8.58. The molecule has 4 heteroatoms. The van der Waals surface area contributed by atoms with Gasteiger partial charge in [-0.25, -0.2) is 0 Å². The number of nitrogens with one attached hydrogen (secondary N) is 1. The smallest absolute Gasteiger partial charge is 0.243 e. The van der Waals surface area contributed by atoms with E-state index < -0.39 is 5.91 Å². The Balaban J connectivity index is 0. The van der Waals surface area contributed by atoms with Crippen LogP contribution in [0.1, 0.15) is 19.8 Å². The van der Waals surface area contributed by atoms with Crippen molar-refractivity contribution < 1.29 is 9.59 Å². The van der Waals surface area contributed by atoms with Crippen LogP contribution >= 0.6 is 0 Å². The Morgan fingerprint density at radius 2 is 1.86 bits per heavy atom. The van der Waals surface area contributed by atoms with Crippen molar-refractivity contribution in [2.75, 3.05) is 6.54 Å². The molecule has 0 aromatic carbocycles. The standard InChI is InChI=1S/C7H13NO.C3H5NO/c1-3-5-6-8-7(9)4-2;1-2-3(4)5/h4H,2-3,5-6H2,1H3,(H,8,9);2H,1H2,(H2,4,5). The first kappa shape index (κ1) is 14.9. The summed E-state index contributed by atoms with van der Waals surface area (Å²) in [5, 5.41) is 2.68. The van der Waals surface area contributed by atoms with E-state index in [1.165, 1.54) is 6.08 Å². The summed E-state index contributed by atoms with van der Waals surface area (Å²) in [5.41, 5.74) is 4.53. The lowest BCUT2D eigenvalue weighted by molar-refractivity contribution is -0.116.